The van der Waals surface area contributed by atoms with Crippen molar-refractivity contribution in [2.75, 3.05) is 6.54 Å². The van der Waals surface area contributed by atoms with E-state index in [0.29, 0.717) is 6.54 Å². The van der Waals surface area contributed by atoms with Crippen LogP contribution in [-0.2, 0) is 17.8 Å². The molecule has 1 heterocycles. The van der Waals surface area contributed by atoms with E-state index in [1.54, 1.807) is 0 Å². The van der Waals surface area contributed by atoms with Gasteiger partial charge in [-0.25, -0.2) is 4.98 Å². The Kier molecular flexibility index (Phi) is 5.40. The summed E-state index contributed by atoms with van der Waals surface area (Å²) in [6.45, 7) is 10.3. The van der Waals surface area contributed by atoms with E-state index >= 15 is 0 Å². The maximum absolute atomic E-state index is 10.5. The standard InChI is InChI=1S/C22H27N3O/c1-15-12-16(2)18(4)19(17(15)3)13-25-21-9-6-5-8-20(21)24-22(25)10-7-11-23-14-26/h5-6,8-9,12,14H,7,10-11,13H2,1-4H3,(H,23,26). The number of carbonyl (C=O) groups is 1. The van der Waals surface area contributed by atoms with Gasteiger partial charge in [0.1, 0.15) is 5.82 Å². The Balaban J connectivity index is 2.02. The first-order valence-electron chi connectivity index (χ1n) is 9.20. The number of nitrogens with zero attached hydrogens (tertiary/aromatic N) is 2. The minimum Gasteiger partial charge on any atom is -0.359 e. The predicted molar refractivity (Wildman–Crippen MR) is 107 cm³/mol. The van der Waals surface area contributed by atoms with E-state index in [4.69, 9.17) is 4.98 Å². The van der Waals surface area contributed by atoms with Crippen molar-refractivity contribution >= 4 is 17.4 Å². The van der Waals surface area contributed by atoms with Crippen molar-refractivity contribution in [2.24, 2.45) is 0 Å². The number of hydrogen-bond donors (Lipinski definition) is 1. The highest BCUT2D eigenvalue weighted by molar-refractivity contribution is 5.76. The number of para-hydroxylation sites is 2. The number of nitrogens with one attached hydrogen (secondary N) is 1. The molecule has 0 radical (unpaired) electrons. The van der Waals surface area contributed by atoms with Gasteiger partial charge in [-0.15, -0.1) is 0 Å². The van der Waals surface area contributed by atoms with Crippen LogP contribution in [0.15, 0.2) is 30.3 Å². The minimum atomic E-state index is 0.675. The Labute approximate surface area is 155 Å². The van der Waals surface area contributed by atoms with Crippen molar-refractivity contribution in [3.05, 3.63) is 64.0 Å². The van der Waals surface area contributed by atoms with Crippen LogP contribution < -0.4 is 5.32 Å². The smallest absolute Gasteiger partial charge is 0.207 e. The summed E-state index contributed by atoms with van der Waals surface area (Å²) < 4.78 is 2.34. The Morgan fingerprint density at radius 1 is 1.08 bits per heavy atom. The summed E-state index contributed by atoms with van der Waals surface area (Å²) >= 11 is 0. The first kappa shape index (κ1) is 18.2. The number of carbonyl (C=O) groups excluding carboxylic acids is 1. The molecule has 0 saturated heterocycles. The van der Waals surface area contributed by atoms with Gasteiger partial charge in [-0.3, -0.25) is 4.79 Å². The van der Waals surface area contributed by atoms with Gasteiger partial charge in [0.2, 0.25) is 6.41 Å². The number of fused-ring (bicyclic) bond motifs is 1. The first-order chi connectivity index (χ1) is 12.5. The highest BCUT2D eigenvalue weighted by Gasteiger charge is 2.14. The first-order valence-corrected chi connectivity index (χ1v) is 9.20. The van der Waals surface area contributed by atoms with Crippen molar-refractivity contribution in [1.29, 1.82) is 0 Å². The van der Waals surface area contributed by atoms with Crippen LogP contribution in [0.2, 0.25) is 0 Å². The number of aromatic nitrogens is 2. The lowest BCUT2D eigenvalue weighted by Crippen LogP contribution is -2.15. The van der Waals surface area contributed by atoms with E-state index in [2.05, 4.69) is 61.8 Å². The fourth-order valence-electron chi connectivity index (χ4n) is 3.59. The van der Waals surface area contributed by atoms with E-state index in [1.807, 2.05) is 6.07 Å². The van der Waals surface area contributed by atoms with Gasteiger partial charge in [-0.2, -0.15) is 0 Å². The van der Waals surface area contributed by atoms with Gasteiger partial charge < -0.3 is 9.88 Å². The molecule has 0 aliphatic carbocycles. The monoisotopic (exact) mass is 349 g/mol. The number of amides is 1. The van der Waals surface area contributed by atoms with Crippen LogP contribution in [0.1, 0.15) is 40.1 Å². The van der Waals surface area contributed by atoms with E-state index in [-0.39, 0.29) is 0 Å². The molecular weight excluding hydrogens is 322 g/mol. The average molecular weight is 349 g/mol. The normalized spacial score (nSPS) is 11.1. The van der Waals surface area contributed by atoms with Crippen LogP contribution in [0.3, 0.4) is 0 Å². The van der Waals surface area contributed by atoms with Gasteiger partial charge in [0.25, 0.3) is 0 Å². The minimum absolute atomic E-state index is 0.675. The van der Waals surface area contributed by atoms with E-state index < -0.39 is 0 Å². The zero-order valence-electron chi connectivity index (χ0n) is 16.1. The van der Waals surface area contributed by atoms with Gasteiger partial charge in [0, 0.05) is 19.5 Å². The summed E-state index contributed by atoms with van der Waals surface area (Å²) in [6.07, 6.45) is 2.48. The zero-order valence-corrected chi connectivity index (χ0v) is 16.1. The molecule has 1 N–H and O–H groups in total. The molecule has 26 heavy (non-hydrogen) atoms. The predicted octanol–water partition coefficient (Wildman–Crippen LogP) is 4.00. The molecular formula is C22H27N3O. The maximum atomic E-state index is 10.5. The van der Waals surface area contributed by atoms with Crippen LogP contribution in [0, 0.1) is 27.7 Å². The molecule has 0 unspecified atom stereocenters. The third-order valence-electron chi connectivity index (χ3n) is 5.38. The number of hydrogen-bond acceptors (Lipinski definition) is 2. The highest BCUT2D eigenvalue weighted by Crippen LogP contribution is 2.25. The molecule has 4 nitrogen and oxygen atoms in total. The molecule has 1 amide bonds. The van der Waals surface area contributed by atoms with Gasteiger partial charge in [-0.05, 0) is 74.1 Å². The fraction of sp³-hybridized carbons (Fsp3) is 0.364. The van der Waals surface area contributed by atoms with Crippen molar-refractivity contribution in [3.63, 3.8) is 0 Å². The summed E-state index contributed by atoms with van der Waals surface area (Å²) in [5.41, 5.74) is 8.99. The van der Waals surface area contributed by atoms with Crippen molar-refractivity contribution < 1.29 is 4.79 Å². The Morgan fingerprint density at radius 2 is 1.77 bits per heavy atom. The molecule has 0 fully saturated rings. The van der Waals surface area contributed by atoms with E-state index in [1.165, 1.54) is 33.3 Å². The van der Waals surface area contributed by atoms with Crippen LogP contribution >= 0.6 is 0 Å². The average Bonchev–Trinajstić information content (AvgIpc) is 2.98. The Morgan fingerprint density at radius 3 is 2.46 bits per heavy atom. The number of imidazole rings is 1. The SMILES string of the molecule is Cc1cc(C)c(C)c(Cn2c(CCCNC=O)nc3ccccc32)c1C. The zero-order chi connectivity index (χ0) is 18.7. The second-order valence-electron chi connectivity index (χ2n) is 7.02. The maximum Gasteiger partial charge on any atom is 0.207 e. The number of aryl methyl sites for hydroxylation is 3. The lowest BCUT2D eigenvalue weighted by molar-refractivity contribution is -0.109. The molecule has 1 aromatic heterocycles. The lowest BCUT2D eigenvalue weighted by atomic mass is 9.94. The largest absolute Gasteiger partial charge is 0.359 e. The van der Waals surface area contributed by atoms with Gasteiger partial charge in [0.05, 0.1) is 11.0 Å². The molecule has 2 aromatic carbocycles. The second kappa shape index (κ2) is 7.73. The molecule has 0 spiro atoms. The molecule has 0 aliphatic heterocycles. The molecule has 3 aromatic rings. The second-order valence-corrected chi connectivity index (χ2v) is 7.02. The third kappa shape index (κ3) is 3.50. The topological polar surface area (TPSA) is 46.9 Å². The van der Waals surface area contributed by atoms with Crippen molar-refractivity contribution in [3.8, 4) is 0 Å². The molecule has 0 saturated carbocycles. The molecule has 0 atom stereocenters. The van der Waals surface area contributed by atoms with E-state index in [9.17, 15) is 4.79 Å². The highest BCUT2D eigenvalue weighted by atomic mass is 16.1. The molecule has 0 aliphatic rings. The van der Waals surface area contributed by atoms with Crippen LogP contribution in [0.25, 0.3) is 11.0 Å². The lowest BCUT2D eigenvalue weighted by Gasteiger charge is -2.18. The van der Waals surface area contributed by atoms with Gasteiger partial charge in [-0.1, -0.05) is 18.2 Å². The molecule has 3 rings (SSSR count). The molecule has 0 bridgehead atoms. The Hall–Kier alpha value is -2.62. The number of rotatable bonds is 7. The summed E-state index contributed by atoms with van der Waals surface area (Å²) in [5.74, 6) is 1.08. The van der Waals surface area contributed by atoms with Crippen LogP contribution in [0.5, 0.6) is 0 Å². The van der Waals surface area contributed by atoms with Gasteiger partial charge >= 0.3 is 0 Å². The summed E-state index contributed by atoms with van der Waals surface area (Å²) in [5, 5.41) is 2.74. The fourth-order valence-corrected chi connectivity index (χ4v) is 3.59. The summed E-state index contributed by atoms with van der Waals surface area (Å²) in [6, 6.07) is 10.6. The Bertz CT molecular complexity index is 914. The number of benzene rings is 2. The summed E-state index contributed by atoms with van der Waals surface area (Å²) in [4.78, 5) is 15.3. The molecule has 136 valence electrons. The van der Waals surface area contributed by atoms with Crippen LogP contribution in [0.4, 0.5) is 0 Å². The van der Waals surface area contributed by atoms with Gasteiger partial charge in [0.15, 0.2) is 0 Å². The van der Waals surface area contributed by atoms with E-state index in [0.717, 1.165) is 37.1 Å². The summed E-state index contributed by atoms with van der Waals surface area (Å²) in [7, 11) is 0. The van der Waals surface area contributed by atoms with Crippen molar-refractivity contribution in [2.45, 2.75) is 47.1 Å². The quantitative estimate of drug-likeness (QED) is 0.518. The third-order valence-corrected chi connectivity index (χ3v) is 5.38. The van der Waals surface area contributed by atoms with Crippen LogP contribution in [-0.4, -0.2) is 22.5 Å². The molecule has 4 heteroatoms. The van der Waals surface area contributed by atoms with Crippen molar-refractivity contribution in [1.82, 2.24) is 14.9 Å².